The summed E-state index contributed by atoms with van der Waals surface area (Å²) >= 11 is 1.89. The largest absolute Gasteiger partial charge is 0.355 e. The van der Waals surface area contributed by atoms with E-state index in [9.17, 15) is 0 Å². The smallest absolute Gasteiger partial charge is 0.191 e. The minimum atomic E-state index is 0.290. The Morgan fingerprint density at radius 2 is 2.20 bits per heavy atom. The molecule has 0 atom stereocenters. The van der Waals surface area contributed by atoms with Crippen LogP contribution in [0.1, 0.15) is 37.0 Å². The molecule has 1 saturated carbocycles. The standard InChI is InChI=1S/C16H25N3S/c1-3-11-18-15(17-2)19-13-16(9-5-4-6-10-16)14-8-7-12-20-14/h3,7-8,12H,1,4-6,9-11,13H2,2H3,(H2,17,18,19). The van der Waals surface area contributed by atoms with Gasteiger partial charge < -0.3 is 10.6 Å². The number of rotatable bonds is 5. The van der Waals surface area contributed by atoms with Crippen LogP contribution >= 0.6 is 11.3 Å². The molecule has 1 aromatic heterocycles. The van der Waals surface area contributed by atoms with Crippen LogP contribution in [0.4, 0.5) is 0 Å². The zero-order valence-electron chi connectivity index (χ0n) is 12.3. The van der Waals surface area contributed by atoms with Gasteiger partial charge in [-0.25, -0.2) is 0 Å². The first-order valence-corrected chi connectivity index (χ1v) is 8.28. The summed E-state index contributed by atoms with van der Waals surface area (Å²) in [5, 5.41) is 8.94. The molecule has 0 saturated heterocycles. The summed E-state index contributed by atoms with van der Waals surface area (Å²) < 4.78 is 0. The van der Waals surface area contributed by atoms with Crippen molar-refractivity contribution < 1.29 is 0 Å². The molecule has 110 valence electrons. The highest BCUT2D eigenvalue weighted by Gasteiger charge is 2.34. The van der Waals surface area contributed by atoms with Crippen molar-refractivity contribution in [1.82, 2.24) is 10.6 Å². The van der Waals surface area contributed by atoms with Gasteiger partial charge in [0.25, 0.3) is 0 Å². The summed E-state index contributed by atoms with van der Waals surface area (Å²) in [6.07, 6.45) is 8.44. The number of hydrogen-bond acceptors (Lipinski definition) is 2. The van der Waals surface area contributed by atoms with E-state index in [0.717, 1.165) is 19.0 Å². The predicted molar refractivity (Wildman–Crippen MR) is 88.6 cm³/mol. The van der Waals surface area contributed by atoms with Gasteiger partial charge in [-0.1, -0.05) is 31.4 Å². The van der Waals surface area contributed by atoms with Gasteiger partial charge in [0, 0.05) is 30.4 Å². The third-order valence-corrected chi connectivity index (χ3v) is 5.20. The SMILES string of the molecule is C=CCNC(=NC)NCC1(c2cccs2)CCCCC1. The molecule has 0 bridgehead atoms. The van der Waals surface area contributed by atoms with Gasteiger partial charge in [0.05, 0.1) is 0 Å². The molecule has 1 aromatic rings. The second kappa shape index (κ2) is 7.48. The van der Waals surface area contributed by atoms with E-state index in [4.69, 9.17) is 0 Å². The maximum Gasteiger partial charge on any atom is 0.191 e. The van der Waals surface area contributed by atoms with E-state index in [0.29, 0.717) is 0 Å². The first-order valence-electron chi connectivity index (χ1n) is 7.40. The number of hydrogen-bond donors (Lipinski definition) is 2. The van der Waals surface area contributed by atoms with Gasteiger partial charge >= 0.3 is 0 Å². The molecular weight excluding hydrogens is 266 g/mol. The van der Waals surface area contributed by atoms with Crippen molar-refractivity contribution in [1.29, 1.82) is 0 Å². The Morgan fingerprint density at radius 3 is 2.80 bits per heavy atom. The molecule has 1 aliphatic rings. The van der Waals surface area contributed by atoms with Crippen molar-refractivity contribution in [3.05, 3.63) is 35.0 Å². The van der Waals surface area contributed by atoms with E-state index in [1.165, 1.54) is 37.0 Å². The highest BCUT2D eigenvalue weighted by Crippen LogP contribution is 2.40. The van der Waals surface area contributed by atoms with Crippen LogP contribution in [0.3, 0.4) is 0 Å². The van der Waals surface area contributed by atoms with Crippen LogP contribution in [0, 0.1) is 0 Å². The van der Waals surface area contributed by atoms with Crippen molar-refractivity contribution in [2.45, 2.75) is 37.5 Å². The number of nitrogens with one attached hydrogen (secondary N) is 2. The molecule has 0 aromatic carbocycles. The first kappa shape index (κ1) is 15.1. The second-order valence-electron chi connectivity index (χ2n) is 5.41. The van der Waals surface area contributed by atoms with Crippen LogP contribution in [0.5, 0.6) is 0 Å². The maximum absolute atomic E-state index is 4.27. The Kier molecular flexibility index (Phi) is 5.65. The molecule has 2 N–H and O–H groups in total. The zero-order valence-corrected chi connectivity index (χ0v) is 13.1. The summed E-state index contributed by atoms with van der Waals surface area (Å²) in [5.41, 5.74) is 0.290. The van der Waals surface area contributed by atoms with E-state index in [2.05, 4.69) is 39.7 Å². The average Bonchev–Trinajstić information content (AvgIpc) is 3.03. The number of guanidine groups is 1. The molecule has 1 heterocycles. The molecule has 0 spiro atoms. The van der Waals surface area contributed by atoms with Gasteiger partial charge in [-0.05, 0) is 24.3 Å². The monoisotopic (exact) mass is 291 g/mol. The van der Waals surface area contributed by atoms with E-state index < -0.39 is 0 Å². The third kappa shape index (κ3) is 3.63. The molecule has 4 heteroatoms. The Bertz CT molecular complexity index is 431. The van der Waals surface area contributed by atoms with E-state index >= 15 is 0 Å². The summed E-state index contributed by atoms with van der Waals surface area (Å²) in [5.74, 6) is 0.867. The topological polar surface area (TPSA) is 36.4 Å². The summed E-state index contributed by atoms with van der Waals surface area (Å²) in [6.45, 7) is 5.43. The first-order chi connectivity index (χ1) is 9.80. The van der Waals surface area contributed by atoms with Crippen LogP contribution in [0.2, 0.25) is 0 Å². The van der Waals surface area contributed by atoms with Crippen LogP contribution in [-0.2, 0) is 5.41 Å². The van der Waals surface area contributed by atoms with Crippen LogP contribution in [-0.4, -0.2) is 26.1 Å². The molecule has 0 aliphatic heterocycles. The van der Waals surface area contributed by atoms with Crippen LogP contribution in [0.15, 0.2) is 35.2 Å². The minimum absolute atomic E-state index is 0.290. The normalized spacial score (nSPS) is 18.6. The molecule has 0 unspecified atom stereocenters. The minimum Gasteiger partial charge on any atom is -0.355 e. The lowest BCUT2D eigenvalue weighted by Crippen LogP contribution is -2.46. The third-order valence-electron chi connectivity index (χ3n) is 4.09. The molecule has 20 heavy (non-hydrogen) atoms. The number of thiophene rings is 1. The average molecular weight is 291 g/mol. The Morgan fingerprint density at radius 1 is 1.40 bits per heavy atom. The van der Waals surface area contributed by atoms with Crippen molar-refractivity contribution in [3.8, 4) is 0 Å². The summed E-state index contributed by atoms with van der Waals surface area (Å²) in [4.78, 5) is 5.79. The van der Waals surface area contributed by atoms with E-state index in [1.807, 2.05) is 24.5 Å². The van der Waals surface area contributed by atoms with Gasteiger partial charge in [-0.15, -0.1) is 17.9 Å². The van der Waals surface area contributed by atoms with Gasteiger partial charge in [0.2, 0.25) is 0 Å². The Hall–Kier alpha value is -1.29. The lowest BCUT2D eigenvalue weighted by Gasteiger charge is -2.37. The van der Waals surface area contributed by atoms with Crippen molar-refractivity contribution >= 4 is 17.3 Å². The molecule has 2 rings (SSSR count). The number of nitrogens with zero attached hydrogens (tertiary/aromatic N) is 1. The lowest BCUT2D eigenvalue weighted by atomic mass is 9.73. The van der Waals surface area contributed by atoms with Crippen molar-refractivity contribution in [2.24, 2.45) is 4.99 Å². The maximum atomic E-state index is 4.27. The lowest BCUT2D eigenvalue weighted by molar-refractivity contribution is 0.296. The van der Waals surface area contributed by atoms with Gasteiger partial charge in [0.1, 0.15) is 0 Å². The van der Waals surface area contributed by atoms with Gasteiger partial charge in [-0.3, -0.25) is 4.99 Å². The molecule has 0 amide bonds. The molecule has 1 aliphatic carbocycles. The highest BCUT2D eigenvalue weighted by molar-refractivity contribution is 7.10. The predicted octanol–water partition coefficient (Wildman–Crippen LogP) is 3.30. The van der Waals surface area contributed by atoms with Gasteiger partial charge in [-0.2, -0.15) is 0 Å². The fraction of sp³-hybridized carbons (Fsp3) is 0.562. The van der Waals surface area contributed by atoms with Crippen molar-refractivity contribution in [3.63, 3.8) is 0 Å². The van der Waals surface area contributed by atoms with Gasteiger partial charge in [0.15, 0.2) is 5.96 Å². The Labute approximate surface area is 126 Å². The molecule has 3 nitrogen and oxygen atoms in total. The van der Waals surface area contributed by atoms with Crippen LogP contribution < -0.4 is 10.6 Å². The fourth-order valence-electron chi connectivity index (χ4n) is 2.96. The van der Waals surface area contributed by atoms with E-state index in [1.54, 1.807) is 0 Å². The molecule has 1 fully saturated rings. The van der Waals surface area contributed by atoms with Crippen LogP contribution in [0.25, 0.3) is 0 Å². The second-order valence-corrected chi connectivity index (χ2v) is 6.36. The molecular formula is C16H25N3S. The van der Waals surface area contributed by atoms with Crippen molar-refractivity contribution in [2.75, 3.05) is 20.1 Å². The fourth-order valence-corrected chi connectivity index (χ4v) is 3.95. The number of aliphatic imine (C=N–C) groups is 1. The molecule has 0 radical (unpaired) electrons. The van der Waals surface area contributed by atoms with E-state index in [-0.39, 0.29) is 5.41 Å². The summed E-state index contributed by atoms with van der Waals surface area (Å²) in [7, 11) is 1.82. The zero-order chi connectivity index (χ0) is 14.3. The summed E-state index contributed by atoms with van der Waals surface area (Å²) in [6, 6.07) is 4.46. The Balaban J connectivity index is 2.03. The highest BCUT2D eigenvalue weighted by atomic mass is 32.1. The quantitative estimate of drug-likeness (QED) is 0.496.